The highest BCUT2D eigenvalue weighted by Crippen LogP contribution is 2.28. The molecule has 0 radical (unpaired) electrons. The number of likely N-dealkylation sites (tertiary alicyclic amines) is 1. The summed E-state index contributed by atoms with van der Waals surface area (Å²) in [5.41, 5.74) is 2.54. The predicted octanol–water partition coefficient (Wildman–Crippen LogP) is 1.84. The lowest BCUT2D eigenvalue weighted by atomic mass is 9.97. The number of hydrogen-bond acceptors (Lipinski definition) is 6. The summed E-state index contributed by atoms with van der Waals surface area (Å²) < 4.78 is 3.87. The molecule has 0 bridgehead atoms. The molecule has 4 rings (SSSR count). The van der Waals surface area contributed by atoms with Crippen LogP contribution in [0.1, 0.15) is 45.8 Å². The Balaban J connectivity index is 1.50. The summed E-state index contributed by atoms with van der Waals surface area (Å²) in [5.74, 6) is 2.08. The SMILES string of the molecule is Cc1ncsc1C(=O)N1CCC[C@@H](c2nnc(Cn3cccn3)n2C)C1. The van der Waals surface area contributed by atoms with E-state index in [0.717, 1.165) is 41.6 Å². The number of aromatic nitrogens is 6. The van der Waals surface area contributed by atoms with E-state index < -0.39 is 0 Å². The molecule has 0 saturated carbocycles. The molecule has 1 saturated heterocycles. The highest BCUT2D eigenvalue weighted by molar-refractivity contribution is 7.11. The second kappa shape index (κ2) is 6.99. The zero-order valence-electron chi connectivity index (χ0n) is 14.9. The number of piperidine rings is 1. The standard InChI is InChI=1S/C17H21N7OS/c1-12-15(26-11-18-12)17(25)23-7-3-5-13(9-23)16-21-20-14(22(16)2)10-24-8-4-6-19-24/h4,6,8,11,13H,3,5,7,9-10H2,1-2H3/t13-/m1/s1. The van der Waals surface area contributed by atoms with Crippen molar-refractivity contribution in [1.82, 2.24) is 34.4 Å². The summed E-state index contributed by atoms with van der Waals surface area (Å²) in [6.45, 7) is 3.93. The lowest BCUT2D eigenvalue weighted by Gasteiger charge is -2.32. The van der Waals surface area contributed by atoms with Gasteiger partial charge in [-0.05, 0) is 25.8 Å². The van der Waals surface area contributed by atoms with E-state index >= 15 is 0 Å². The molecule has 0 aliphatic carbocycles. The Kier molecular flexibility index (Phi) is 4.54. The zero-order valence-corrected chi connectivity index (χ0v) is 15.7. The van der Waals surface area contributed by atoms with Gasteiger partial charge in [-0.25, -0.2) is 4.98 Å². The highest BCUT2D eigenvalue weighted by Gasteiger charge is 2.30. The average Bonchev–Trinajstić information content (AvgIpc) is 3.38. The quantitative estimate of drug-likeness (QED) is 0.699. The Labute approximate surface area is 155 Å². The number of carbonyl (C=O) groups excluding carboxylic acids is 1. The van der Waals surface area contributed by atoms with Gasteiger partial charge in [-0.2, -0.15) is 5.10 Å². The molecule has 0 spiro atoms. The van der Waals surface area contributed by atoms with Gasteiger partial charge in [0.15, 0.2) is 5.82 Å². The van der Waals surface area contributed by atoms with E-state index in [9.17, 15) is 4.79 Å². The smallest absolute Gasteiger partial charge is 0.265 e. The van der Waals surface area contributed by atoms with Crippen LogP contribution in [0.25, 0.3) is 0 Å². The number of amides is 1. The van der Waals surface area contributed by atoms with Crippen LogP contribution in [-0.4, -0.2) is 53.4 Å². The summed E-state index contributed by atoms with van der Waals surface area (Å²) in [6, 6.07) is 1.89. The second-order valence-corrected chi connectivity index (χ2v) is 7.45. The van der Waals surface area contributed by atoms with Crippen LogP contribution in [0.5, 0.6) is 0 Å². The maximum absolute atomic E-state index is 12.8. The van der Waals surface area contributed by atoms with Crippen LogP contribution >= 0.6 is 11.3 Å². The van der Waals surface area contributed by atoms with Crippen molar-refractivity contribution in [2.75, 3.05) is 13.1 Å². The van der Waals surface area contributed by atoms with Gasteiger partial charge in [0, 0.05) is 38.4 Å². The molecule has 26 heavy (non-hydrogen) atoms. The van der Waals surface area contributed by atoms with Gasteiger partial charge in [0.05, 0.1) is 11.2 Å². The molecule has 0 N–H and O–H groups in total. The number of hydrogen-bond donors (Lipinski definition) is 0. The van der Waals surface area contributed by atoms with Crippen molar-refractivity contribution >= 4 is 17.2 Å². The maximum atomic E-state index is 12.8. The summed E-state index contributed by atoms with van der Waals surface area (Å²) in [7, 11) is 1.99. The Bertz CT molecular complexity index is 898. The van der Waals surface area contributed by atoms with E-state index in [2.05, 4.69) is 20.3 Å². The predicted molar refractivity (Wildman–Crippen MR) is 97.1 cm³/mol. The molecule has 1 fully saturated rings. The fourth-order valence-corrected chi connectivity index (χ4v) is 4.20. The van der Waals surface area contributed by atoms with Crippen LogP contribution in [0.4, 0.5) is 0 Å². The fraction of sp³-hybridized carbons (Fsp3) is 0.471. The lowest BCUT2D eigenvalue weighted by molar-refractivity contribution is 0.0707. The molecular weight excluding hydrogens is 350 g/mol. The molecule has 1 aliphatic heterocycles. The molecule has 9 heteroatoms. The molecule has 1 atom stereocenters. The molecule has 1 amide bonds. The third-order valence-corrected chi connectivity index (χ3v) is 5.79. The van der Waals surface area contributed by atoms with Crippen molar-refractivity contribution in [3.8, 4) is 0 Å². The summed E-state index contributed by atoms with van der Waals surface area (Å²) in [6.07, 6.45) is 5.64. The number of nitrogens with zero attached hydrogens (tertiary/aromatic N) is 7. The minimum Gasteiger partial charge on any atom is -0.337 e. The lowest BCUT2D eigenvalue weighted by Crippen LogP contribution is -2.39. The first-order valence-corrected chi connectivity index (χ1v) is 9.56. The Morgan fingerprint density at radius 3 is 3.00 bits per heavy atom. The first-order valence-electron chi connectivity index (χ1n) is 8.68. The molecule has 4 heterocycles. The van der Waals surface area contributed by atoms with Crippen molar-refractivity contribution in [3.63, 3.8) is 0 Å². The van der Waals surface area contributed by atoms with Gasteiger partial charge in [0.1, 0.15) is 17.2 Å². The van der Waals surface area contributed by atoms with Crippen molar-refractivity contribution < 1.29 is 4.79 Å². The number of aryl methyl sites for hydroxylation is 1. The van der Waals surface area contributed by atoms with Gasteiger partial charge >= 0.3 is 0 Å². The molecule has 136 valence electrons. The van der Waals surface area contributed by atoms with E-state index in [1.54, 1.807) is 11.7 Å². The summed E-state index contributed by atoms with van der Waals surface area (Å²) in [5, 5.41) is 13.0. The van der Waals surface area contributed by atoms with E-state index in [1.807, 2.05) is 40.4 Å². The van der Waals surface area contributed by atoms with Gasteiger partial charge in [0.25, 0.3) is 5.91 Å². The van der Waals surface area contributed by atoms with Gasteiger partial charge < -0.3 is 9.47 Å². The van der Waals surface area contributed by atoms with Crippen molar-refractivity contribution in [2.24, 2.45) is 7.05 Å². The van der Waals surface area contributed by atoms with Crippen LogP contribution in [-0.2, 0) is 13.6 Å². The van der Waals surface area contributed by atoms with Gasteiger partial charge in [0.2, 0.25) is 0 Å². The molecule has 1 aliphatic rings. The molecule has 3 aromatic heterocycles. The average molecular weight is 371 g/mol. The molecule has 8 nitrogen and oxygen atoms in total. The Morgan fingerprint density at radius 1 is 1.38 bits per heavy atom. The molecule has 0 aromatic carbocycles. The molecule has 3 aromatic rings. The minimum atomic E-state index is 0.0774. The largest absolute Gasteiger partial charge is 0.337 e. The van der Waals surface area contributed by atoms with Crippen LogP contribution in [0.15, 0.2) is 24.0 Å². The first-order chi connectivity index (χ1) is 12.6. The highest BCUT2D eigenvalue weighted by atomic mass is 32.1. The van der Waals surface area contributed by atoms with E-state index in [1.165, 1.54) is 11.3 Å². The number of thiazole rings is 1. The van der Waals surface area contributed by atoms with E-state index in [4.69, 9.17) is 0 Å². The van der Waals surface area contributed by atoms with Gasteiger partial charge in [-0.15, -0.1) is 21.5 Å². The van der Waals surface area contributed by atoms with Crippen LogP contribution in [0.3, 0.4) is 0 Å². The van der Waals surface area contributed by atoms with Gasteiger partial charge in [-0.3, -0.25) is 9.48 Å². The van der Waals surface area contributed by atoms with Crippen LogP contribution < -0.4 is 0 Å². The second-order valence-electron chi connectivity index (χ2n) is 6.59. The normalized spacial score (nSPS) is 17.6. The van der Waals surface area contributed by atoms with Gasteiger partial charge in [-0.1, -0.05) is 0 Å². The first kappa shape index (κ1) is 16.9. The summed E-state index contributed by atoms with van der Waals surface area (Å²) in [4.78, 5) is 19.7. The van der Waals surface area contributed by atoms with Crippen molar-refractivity contribution in [3.05, 3.63) is 46.2 Å². The van der Waals surface area contributed by atoms with Crippen LogP contribution in [0.2, 0.25) is 0 Å². The Hall–Kier alpha value is -2.55. The van der Waals surface area contributed by atoms with Crippen molar-refractivity contribution in [2.45, 2.75) is 32.2 Å². The van der Waals surface area contributed by atoms with Crippen LogP contribution in [0, 0.1) is 6.92 Å². The van der Waals surface area contributed by atoms with E-state index in [0.29, 0.717) is 13.1 Å². The number of rotatable bonds is 4. The molecule has 0 unspecified atom stereocenters. The number of carbonyl (C=O) groups is 1. The third kappa shape index (κ3) is 3.14. The minimum absolute atomic E-state index is 0.0774. The fourth-order valence-electron chi connectivity index (χ4n) is 3.43. The van der Waals surface area contributed by atoms with Crippen molar-refractivity contribution in [1.29, 1.82) is 0 Å². The topological polar surface area (TPSA) is 81.7 Å². The monoisotopic (exact) mass is 371 g/mol. The zero-order chi connectivity index (χ0) is 18.1. The molecular formula is C17H21N7OS. The summed E-state index contributed by atoms with van der Waals surface area (Å²) >= 11 is 1.41. The maximum Gasteiger partial charge on any atom is 0.265 e. The van der Waals surface area contributed by atoms with E-state index in [-0.39, 0.29) is 11.8 Å². The Morgan fingerprint density at radius 2 is 2.27 bits per heavy atom. The third-order valence-electron chi connectivity index (χ3n) is 4.87.